The molecule has 1 amide bonds. The van der Waals surface area contributed by atoms with Crippen molar-refractivity contribution in [1.82, 2.24) is 0 Å². The molecule has 4 heteroatoms. The number of nitrogens with zero attached hydrogens (tertiary/aromatic N) is 1. The zero-order valence-electron chi connectivity index (χ0n) is 11.0. The van der Waals surface area contributed by atoms with Gasteiger partial charge in [-0.2, -0.15) is 5.26 Å². The Bertz CT molecular complexity index is 438. The van der Waals surface area contributed by atoms with Crippen LogP contribution in [0.5, 0.6) is 0 Å². The van der Waals surface area contributed by atoms with E-state index in [0.717, 1.165) is 0 Å². The number of benzene rings is 1. The number of carbonyl (C=O) groups excluding carboxylic acids is 1. The third-order valence-electron chi connectivity index (χ3n) is 2.16. The van der Waals surface area contributed by atoms with Crippen molar-refractivity contribution < 1.29 is 9.53 Å². The van der Waals surface area contributed by atoms with E-state index in [0.29, 0.717) is 24.3 Å². The average molecular weight is 246 g/mol. The van der Waals surface area contributed by atoms with Crippen LogP contribution in [0.25, 0.3) is 0 Å². The number of rotatable bonds is 4. The van der Waals surface area contributed by atoms with Gasteiger partial charge >= 0.3 is 0 Å². The highest BCUT2D eigenvalue weighted by molar-refractivity contribution is 5.90. The number of anilines is 1. The van der Waals surface area contributed by atoms with E-state index >= 15 is 0 Å². The molecule has 0 saturated heterocycles. The van der Waals surface area contributed by atoms with Gasteiger partial charge in [-0.25, -0.2) is 0 Å². The molecule has 1 rings (SSSR count). The minimum atomic E-state index is -0.227. The molecular weight excluding hydrogens is 228 g/mol. The molecule has 0 unspecified atom stereocenters. The molecule has 0 aliphatic heterocycles. The fraction of sp³-hybridized carbons (Fsp3) is 0.429. The quantitative estimate of drug-likeness (QED) is 0.888. The minimum Gasteiger partial charge on any atom is -0.375 e. The molecule has 0 aliphatic carbocycles. The van der Waals surface area contributed by atoms with E-state index in [1.165, 1.54) is 0 Å². The highest BCUT2D eigenvalue weighted by Crippen LogP contribution is 2.10. The van der Waals surface area contributed by atoms with Crippen LogP contribution in [0, 0.1) is 11.3 Å². The lowest BCUT2D eigenvalue weighted by atomic mass is 10.2. The number of nitriles is 1. The van der Waals surface area contributed by atoms with Crippen LogP contribution in [0.3, 0.4) is 0 Å². The summed E-state index contributed by atoms with van der Waals surface area (Å²) < 4.78 is 5.47. The first-order valence-corrected chi connectivity index (χ1v) is 5.85. The summed E-state index contributed by atoms with van der Waals surface area (Å²) >= 11 is 0. The summed E-state index contributed by atoms with van der Waals surface area (Å²) in [6.45, 7) is 6.24. The van der Waals surface area contributed by atoms with Crippen LogP contribution in [0.1, 0.15) is 32.8 Å². The third-order valence-corrected chi connectivity index (χ3v) is 2.16. The first kappa shape index (κ1) is 14.2. The van der Waals surface area contributed by atoms with Gasteiger partial charge in [-0.05, 0) is 45.0 Å². The second kappa shape index (κ2) is 6.18. The number of carbonyl (C=O) groups is 1. The summed E-state index contributed by atoms with van der Waals surface area (Å²) in [6, 6.07) is 8.78. The highest BCUT2D eigenvalue weighted by Gasteiger charge is 2.11. The number of amides is 1. The maximum atomic E-state index is 11.6. The molecule has 0 spiro atoms. The molecule has 0 atom stereocenters. The van der Waals surface area contributed by atoms with Crippen molar-refractivity contribution in [3.8, 4) is 6.07 Å². The summed E-state index contributed by atoms with van der Waals surface area (Å²) in [5.41, 5.74) is 1.04. The third kappa shape index (κ3) is 5.46. The van der Waals surface area contributed by atoms with E-state index < -0.39 is 0 Å². The number of ether oxygens (including phenoxy) is 1. The van der Waals surface area contributed by atoms with Crippen molar-refractivity contribution in [1.29, 1.82) is 5.26 Å². The van der Waals surface area contributed by atoms with Crippen LogP contribution < -0.4 is 5.32 Å². The Hall–Kier alpha value is -1.86. The molecule has 0 heterocycles. The number of hydrogen-bond acceptors (Lipinski definition) is 3. The summed E-state index contributed by atoms with van der Waals surface area (Å²) in [5, 5.41) is 11.4. The van der Waals surface area contributed by atoms with Gasteiger partial charge in [0.2, 0.25) is 5.91 Å². The lowest BCUT2D eigenvalue weighted by molar-refractivity contribution is -0.118. The molecule has 1 aromatic carbocycles. The molecule has 4 nitrogen and oxygen atoms in total. The highest BCUT2D eigenvalue weighted by atomic mass is 16.5. The predicted molar refractivity (Wildman–Crippen MR) is 70.1 cm³/mol. The van der Waals surface area contributed by atoms with Gasteiger partial charge in [0.25, 0.3) is 0 Å². The van der Waals surface area contributed by atoms with Crippen LogP contribution in [0.2, 0.25) is 0 Å². The molecular formula is C14H18N2O2. The summed E-state index contributed by atoms with van der Waals surface area (Å²) in [5.74, 6) is -0.0936. The number of hydrogen-bond donors (Lipinski definition) is 1. The number of nitrogens with one attached hydrogen (secondary N) is 1. The van der Waals surface area contributed by atoms with E-state index in [-0.39, 0.29) is 11.5 Å². The summed E-state index contributed by atoms with van der Waals surface area (Å²) in [4.78, 5) is 11.6. The standard InChI is InChI=1S/C14H18N2O2/c1-14(2,3)18-9-8-13(17)16-12-6-4-11(10-15)5-7-12/h4-7H,8-9H2,1-3H3,(H,16,17). The van der Waals surface area contributed by atoms with Crippen molar-refractivity contribution in [2.75, 3.05) is 11.9 Å². The zero-order valence-corrected chi connectivity index (χ0v) is 11.0. The Kier molecular flexibility index (Phi) is 4.87. The second-order valence-electron chi connectivity index (χ2n) is 4.95. The molecule has 0 saturated carbocycles. The average Bonchev–Trinajstić information content (AvgIpc) is 2.28. The fourth-order valence-electron chi connectivity index (χ4n) is 1.30. The van der Waals surface area contributed by atoms with Gasteiger partial charge in [0, 0.05) is 5.69 Å². The largest absolute Gasteiger partial charge is 0.375 e. The van der Waals surface area contributed by atoms with Gasteiger partial charge in [-0.15, -0.1) is 0 Å². The molecule has 0 aromatic heterocycles. The van der Waals surface area contributed by atoms with Gasteiger partial charge in [0.05, 0.1) is 30.3 Å². The van der Waals surface area contributed by atoms with Gasteiger partial charge in [-0.1, -0.05) is 0 Å². The lowest BCUT2D eigenvalue weighted by Gasteiger charge is -2.19. The first-order valence-electron chi connectivity index (χ1n) is 5.85. The minimum absolute atomic E-state index is 0.0936. The maximum Gasteiger partial charge on any atom is 0.226 e. The lowest BCUT2D eigenvalue weighted by Crippen LogP contribution is -2.22. The Balaban J connectivity index is 2.38. The van der Waals surface area contributed by atoms with E-state index in [4.69, 9.17) is 10.00 Å². The molecule has 96 valence electrons. The SMILES string of the molecule is CC(C)(C)OCCC(=O)Nc1ccc(C#N)cc1. The summed E-state index contributed by atoms with van der Waals surface area (Å²) in [7, 11) is 0. The molecule has 18 heavy (non-hydrogen) atoms. The molecule has 0 aliphatic rings. The van der Waals surface area contributed by atoms with Crippen molar-refractivity contribution >= 4 is 11.6 Å². The molecule has 1 N–H and O–H groups in total. The Morgan fingerprint density at radius 2 is 1.94 bits per heavy atom. The fourth-order valence-corrected chi connectivity index (χ4v) is 1.30. The second-order valence-corrected chi connectivity index (χ2v) is 4.95. The van der Waals surface area contributed by atoms with Gasteiger partial charge in [0.15, 0.2) is 0 Å². The van der Waals surface area contributed by atoms with Crippen molar-refractivity contribution in [3.05, 3.63) is 29.8 Å². The van der Waals surface area contributed by atoms with E-state index in [9.17, 15) is 4.79 Å². The van der Waals surface area contributed by atoms with Crippen LogP contribution in [-0.2, 0) is 9.53 Å². The molecule has 0 fully saturated rings. The summed E-state index contributed by atoms with van der Waals surface area (Å²) in [6.07, 6.45) is 0.317. The maximum absolute atomic E-state index is 11.6. The van der Waals surface area contributed by atoms with Crippen LogP contribution in [0.15, 0.2) is 24.3 Å². The van der Waals surface area contributed by atoms with E-state index in [2.05, 4.69) is 5.32 Å². The van der Waals surface area contributed by atoms with Crippen molar-refractivity contribution in [2.45, 2.75) is 32.8 Å². The van der Waals surface area contributed by atoms with Gasteiger partial charge < -0.3 is 10.1 Å². The monoisotopic (exact) mass is 246 g/mol. The normalized spacial score (nSPS) is 10.8. The van der Waals surface area contributed by atoms with Crippen LogP contribution >= 0.6 is 0 Å². The van der Waals surface area contributed by atoms with E-state index in [1.54, 1.807) is 24.3 Å². The Morgan fingerprint density at radius 3 is 2.44 bits per heavy atom. The smallest absolute Gasteiger partial charge is 0.226 e. The van der Waals surface area contributed by atoms with Crippen LogP contribution in [-0.4, -0.2) is 18.1 Å². The molecule has 0 bridgehead atoms. The van der Waals surface area contributed by atoms with Gasteiger partial charge in [0.1, 0.15) is 0 Å². The molecule has 1 aromatic rings. The van der Waals surface area contributed by atoms with Crippen LogP contribution in [0.4, 0.5) is 5.69 Å². The van der Waals surface area contributed by atoms with E-state index in [1.807, 2.05) is 26.8 Å². The van der Waals surface area contributed by atoms with Gasteiger partial charge in [-0.3, -0.25) is 4.79 Å². The topological polar surface area (TPSA) is 62.1 Å². The molecule has 0 radical (unpaired) electrons. The van der Waals surface area contributed by atoms with Crippen molar-refractivity contribution in [2.24, 2.45) is 0 Å². The zero-order chi connectivity index (χ0) is 13.6. The predicted octanol–water partition coefficient (Wildman–Crippen LogP) is 2.70. The first-order chi connectivity index (χ1) is 8.40. The Labute approximate surface area is 108 Å². The Morgan fingerprint density at radius 1 is 1.33 bits per heavy atom. The van der Waals surface area contributed by atoms with Crippen molar-refractivity contribution in [3.63, 3.8) is 0 Å².